The third kappa shape index (κ3) is 6.43. The Kier molecular flexibility index (Phi) is 9.46. The monoisotopic (exact) mass is 852 g/mol. The van der Waals surface area contributed by atoms with Crippen molar-refractivity contribution >= 4 is 34.1 Å². The Morgan fingerprint density at radius 1 is 0.269 bits per heavy atom. The average molecular weight is 853 g/mol. The van der Waals surface area contributed by atoms with Gasteiger partial charge >= 0.3 is 0 Å². The summed E-state index contributed by atoms with van der Waals surface area (Å²) >= 11 is 0. The van der Waals surface area contributed by atoms with Crippen LogP contribution in [0.1, 0.15) is 33.4 Å². The number of benzene rings is 10. The molecule has 10 aromatic carbocycles. The van der Waals surface area contributed by atoms with E-state index in [1.807, 2.05) is 42.5 Å². The molecule has 12 rings (SSSR count). The van der Waals surface area contributed by atoms with E-state index < -0.39 is 5.41 Å². The Labute approximate surface area is 390 Å². The maximum Gasteiger partial charge on any atom is 0.0991 e. The summed E-state index contributed by atoms with van der Waals surface area (Å²) in [6.45, 7) is 0. The van der Waals surface area contributed by atoms with Crippen molar-refractivity contribution in [2.75, 3.05) is 9.80 Å². The molecular formula is C63H40N4. The van der Waals surface area contributed by atoms with Crippen LogP contribution in [0.25, 0.3) is 44.5 Å². The topological polar surface area (TPSA) is 54.1 Å². The van der Waals surface area contributed by atoms with Crippen LogP contribution in [0, 0.1) is 22.7 Å². The normalized spacial score (nSPS) is 13.7. The first-order valence-corrected chi connectivity index (χ1v) is 22.5. The average Bonchev–Trinajstić information content (AvgIpc) is 3.86. The van der Waals surface area contributed by atoms with Crippen LogP contribution in [0.4, 0.5) is 34.1 Å². The molecule has 10 aromatic rings. The molecule has 1 spiro atoms. The molecule has 2 aliphatic carbocycles. The van der Waals surface area contributed by atoms with Crippen molar-refractivity contribution in [3.05, 3.63) is 276 Å². The van der Waals surface area contributed by atoms with E-state index in [-0.39, 0.29) is 0 Å². The van der Waals surface area contributed by atoms with Crippen LogP contribution in [-0.4, -0.2) is 0 Å². The summed E-state index contributed by atoms with van der Waals surface area (Å²) < 4.78 is 0. The molecule has 0 amide bonds. The molecule has 0 N–H and O–H groups in total. The summed E-state index contributed by atoms with van der Waals surface area (Å²) in [5, 5.41) is 20.2. The largest absolute Gasteiger partial charge is 0.311 e. The Morgan fingerprint density at radius 2 is 0.582 bits per heavy atom. The van der Waals surface area contributed by atoms with Crippen molar-refractivity contribution in [1.82, 2.24) is 0 Å². The van der Waals surface area contributed by atoms with E-state index in [4.69, 9.17) is 0 Å². The van der Waals surface area contributed by atoms with E-state index in [1.165, 1.54) is 5.56 Å². The van der Waals surface area contributed by atoms with Gasteiger partial charge in [-0.05, 0) is 176 Å². The van der Waals surface area contributed by atoms with Crippen LogP contribution >= 0.6 is 0 Å². The molecule has 0 radical (unpaired) electrons. The maximum absolute atomic E-state index is 10.5. The Bertz CT molecular complexity index is 3490. The van der Waals surface area contributed by atoms with Crippen LogP contribution in [0.3, 0.4) is 0 Å². The number of rotatable bonds is 8. The maximum atomic E-state index is 10.5. The third-order valence-corrected chi connectivity index (χ3v) is 13.5. The smallest absolute Gasteiger partial charge is 0.0991 e. The molecule has 67 heavy (non-hydrogen) atoms. The fraction of sp³-hybridized carbons (Fsp3) is 0.0159. The lowest BCUT2D eigenvalue weighted by Gasteiger charge is -2.33. The summed E-state index contributed by atoms with van der Waals surface area (Å²) in [6.07, 6.45) is 0. The molecule has 0 aromatic heterocycles. The third-order valence-electron chi connectivity index (χ3n) is 13.5. The second-order valence-corrected chi connectivity index (χ2v) is 17.1. The van der Waals surface area contributed by atoms with E-state index in [1.54, 1.807) is 0 Å². The molecule has 312 valence electrons. The molecule has 4 nitrogen and oxygen atoms in total. The van der Waals surface area contributed by atoms with E-state index >= 15 is 0 Å². The minimum absolute atomic E-state index is 0.618. The fourth-order valence-corrected chi connectivity index (χ4v) is 10.5. The second kappa shape index (κ2) is 16.1. The number of anilines is 6. The zero-order valence-electron chi connectivity index (χ0n) is 36.4. The zero-order valence-corrected chi connectivity index (χ0v) is 36.4. The van der Waals surface area contributed by atoms with Crippen molar-refractivity contribution in [3.63, 3.8) is 0 Å². The molecule has 0 aliphatic heterocycles. The lowest BCUT2D eigenvalue weighted by Crippen LogP contribution is -2.26. The van der Waals surface area contributed by atoms with E-state index in [0.717, 1.165) is 95.3 Å². The molecule has 0 saturated carbocycles. The van der Waals surface area contributed by atoms with Crippen LogP contribution in [0.5, 0.6) is 0 Å². The lowest BCUT2D eigenvalue weighted by molar-refractivity contribution is 0.794. The summed E-state index contributed by atoms with van der Waals surface area (Å²) in [7, 11) is 0. The van der Waals surface area contributed by atoms with Crippen molar-refractivity contribution in [2.45, 2.75) is 5.41 Å². The van der Waals surface area contributed by atoms with Gasteiger partial charge in [-0.1, -0.05) is 133 Å². The van der Waals surface area contributed by atoms with Gasteiger partial charge in [-0.3, -0.25) is 0 Å². The fourth-order valence-electron chi connectivity index (χ4n) is 10.5. The first-order chi connectivity index (χ1) is 33.1. The van der Waals surface area contributed by atoms with Crippen LogP contribution in [0.15, 0.2) is 243 Å². The first kappa shape index (κ1) is 39.4. The predicted octanol–water partition coefficient (Wildman–Crippen LogP) is 16.0. The van der Waals surface area contributed by atoms with E-state index in [0.29, 0.717) is 11.1 Å². The van der Waals surface area contributed by atoms with Gasteiger partial charge in [-0.25, -0.2) is 0 Å². The predicted molar refractivity (Wildman–Crippen MR) is 272 cm³/mol. The summed E-state index contributed by atoms with van der Waals surface area (Å²) in [6, 6.07) is 90.4. The van der Waals surface area contributed by atoms with Crippen molar-refractivity contribution in [2.24, 2.45) is 0 Å². The zero-order chi connectivity index (χ0) is 44.9. The van der Waals surface area contributed by atoms with Gasteiger partial charge in [0.05, 0.1) is 28.7 Å². The molecule has 0 fully saturated rings. The van der Waals surface area contributed by atoms with Crippen LogP contribution in [-0.2, 0) is 5.41 Å². The Hall–Kier alpha value is -9.22. The van der Waals surface area contributed by atoms with Gasteiger partial charge in [0.25, 0.3) is 0 Å². The number of fused-ring (bicyclic) bond motifs is 10. The van der Waals surface area contributed by atoms with Crippen LogP contribution in [0.2, 0.25) is 0 Å². The summed E-state index contributed by atoms with van der Waals surface area (Å²) in [4.78, 5) is 4.61. The highest BCUT2D eigenvalue weighted by molar-refractivity contribution is 5.98. The standard InChI is InChI=1S/C63H40N4/c64-41-43-21-24-45(25-22-43)47-28-34-56-57-35-29-48(46-26-30-53(31-27-46)66(49-13-5-1-6-14-49)50-15-7-2-8-16-50)39-61(57)63(60(56)38-47)59-37-44(42-65)23-33-55(59)58-36-32-54(40-62(58)63)67(51-17-9-3-10-18-51)52-19-11-4-12-20-52/h1-40H. The number of hydrogen-bond acceptors (Lipinski definition) is 4. The number of nitriles is 2. The Balaban J connectivity index is 1.09. The van der Waals surface area contributed by atoms with Gasteiger partial charge in [0.1, 0.15) is 0 Å². The first-order valence-electron chi connectivity index (χ1n) is 22.5. The highest BCUT2D eigenvalue weighted by Crippen LogP contribution is 2.64. The van der Waals surface area contributed by atoms with Crippen LogP contribution < -0.4 is 9.80 Å². The SMILES string of the molecule is N#Cc1ccc(-c2ccc3c(c2)C2(c4cc(C#N)ccc4-c4ccc(N(c5ccccc5)c5ccccc5)cc42)c2cc(-c4ccc(N(c5ccccc5)c5ccccc5)cc4)ccc2-3)cc1. The van der Waals surface area contributed by atoms with Gasteiger partial charge in [-0.2, -0.15) is 10.5 Å². The summed E-state index contributed by atoms with van der Waals surface area (Å²) in [5.74, 6) is 0. The van der Waals surface area contributed by atoms with Crippen molar-refractivity contribution in [3.8, 4) is 56.6 Å². The van der Waals surface area contributed by atoms with Crippen molar-refractivity contribution < 1.29 is 0 Å². The van der Waals surface area contributed by atoms with Gasteiger partial charge in [-0.15, -0.1) is 0 Å². The molecule has 0 saturated heterocycles. The molecule has 0 heterocycles. The van der Waals surface area contributed by atoms with Gasteiger partial charge < -0.3 is 9.80 Å². The molecule has 2 aliphatic rings. The quantitative estimate of drug-likeness (QED) is 0.153. The van der Waals surface area contributed by atoms with E-state index in [2.05, 4.69) is 222 Å². The summed E-state index contributed by atoms with van der Waals surface area (Å²) in [5.41, 5.74) is 20.3. The number of hydrogen-bond donors (Lipinski definition) is 0. The van der Waals surface area contributed by atoms with Gasteiger partial charge in [0, 0.05) is 34.1 Å². The second-order valence-electron chi connectivity index (χ2n) is 17.1. The molecule has 1 atom stereocenters. The highest BCUT2D eigenvalue weighted by atomic mass is 15.1. The van der Waals surface area contributed by atoms with Gasteiger partial charge in [0.15, 0.2) is 0 Å². The minimum atomic E-state index is -0.785. The molecular weight excluding hydrogens is 813 g/mol. The number of para-hydroxylation sites is 4. The number of nitrogens with zero attached hydrogens (tertiary/aromatic N) is 4. The highest BCUT2D eigenvalue weighted by Gasteiger charge is 2.52. The molecule has 1 unspecified atom stereocenters. The van der Waals surface area contributed by atoms with Crippen molar-refractivity contribution in [1.29, 1.82) is 10.5 Å². The van der Waals surface area contributed by atoms with Gasteiger partial charge in [0.2, 0.25) is 0 Å². The lowest BCUT2D eigenvalue weighted by atomic mass is 9.69. The van der Waals surface area contributed by atoms with E-state index in [9.17, 15) is 10.5 Å². The Morgan fingerprint density at radius 3 is 1.03 bits per heavy atom. The molecule has 4 heteroatoms. The molecule has 0 bridgehead atoms. The minimum Gasteiger partial charge on any atom is -0.311 e.